The third-order valence-corrected chi connectivity index (χ3v) is 9.83. The van der Waals surface area contributed by atoms with E-state index in [1.54, 1.807) is 0 Å². The van der Waals surface area contributed by atoms with Gasteiger partial charge in [-0.2, -0.15) is 0 Å². The molecule has 0 bridgehead atoms. The quantitative estimate of drug-likeness (QED) is 0.146. The number of nitrogens with one attached hydrogen (secondary N) is 3. The molecule has 5 N–H and O–H groups in total. The van der Waals surface area contributed by atoms with Crippen molar-refractivity contribution in [3.63, 3.8) is 0 Å². The lowest BCUT2D eigenvalue weighted by molar-refractivity contribution is -0.118. The Balaban J connectivity index is 0.843. The summed E-state index contributed by atoms with van der Waals surface area (Å²) in [7, 11) is 0. The van der Waals surface area contributed by atoms with Gasteiger partial charge in [-0.1, -0.05) is 60.7 Å². The number of aliphatic hydroxyl groups excluding tert-OH is 1. The minimum absolute atomic E-state index is 0.0302. The summed E-state index contributed by atoms with van der Waals surface area (Å²) >= 11 is 0. The fourth-order valence-corrected chi connectivity index (χ4v) is 7.10. The maximum absolute atomic E-state index is 13.4. The molecule has 12 heteroatoms. The summed E-state index contributed by atoms with van der Waals surface area (Å²) in [5.74, 6) is -0.0191. The number of phenols is 1. The van der Waals surface area contributed by atoms with E-state index < -0.39 is 12.2 Å². The van der Waals surface area contributed by atoms with Crippen LogP contribution < -0.4 is 20.7 Å². The highest BCUT2D eigenvalue weighted by Gasteiger charge is 2.28. The molecule has 0 aliphatic carbocycles. The number of carbonyl (C=O) groups excluding carboxylic acids is 3. The molecule has 0 spiro atoms. The molecule has 3 aliphatic heterocycles. The van der Waals surface area contributed by atoms with E-state index in [2.05, 4.69) is 20.9 Å². The maximum atomic E-state index is 13.4. The third-order valence-electron chi connectivity index (χ3n) is 9.83. The minimum atomic E-state index is -0.977. The van der Waals surface area contributed by atoms with E-state index in [0.717, 1.165) is 61.2 Å². The minimum Gasteiger partial charge on any atom is -0.508 e. The topological polar surface area (TPSA) is 153 Å². The Hall–Kier alpha value is -5.43. The van der Waals surface area contributed by atoms with Crippen LogP contribution in [-0.4, -0.2) is 89.9 Å². The standard InChI is InChI=1S/C40H43N5O7/c46-29-21-33(38-35(22-29)42-37(48)25-51-38)36(47)24-41-23-26-10-11-32-28(20-26)12-17-45(39(32)49)19-18-44-15-13-30(14-16-44)52-40(50)43-34-9-5-4-8-31(34)27-6-2-1-3-7-27/h1-11,20-22,30,36,41,46-47H,12-19,23-25H2,(H,42,48)(H,43,50)/t36-/m0/s1. The van der Waals surface area contributed by atoms with Crippen LogP contribution in [0.15, 0.2) is 84.9 Å². The van der Waals surface area contributed by atoms with Crippen molar-refractivity contribution in [3.8, 4) is 22.6 Å². The SMILES string of the molecule is O=C1COc2c(cc(O)cc2[C@@H](O)CNCc2ccc3c(c2)CCN(CCN2CCC(OC(=O)Nc4ccccc4-c4ccccc4)CC2)C3=O)N1. The van der Waals surface area contributed by atoms with Crippen LogP contribution in [0.2, 0.25) is 0 Å². The average Bonchev–Trinajstić information content (AvgIpc) is 3.15. The summed E-state index contributed by atoms with van der Waals surface area (Å²) in [6.45, 7) is 4.13. The molecule has 0 aromatic heterocycles. The van der Waals surface area contributed by atoms with Gasteiger partial charge in [0.2, 0.25) is 0 Å². The number of para-hydroxylation sites is 1. The second-order valence-electron chi connectivity index (χ2n) is 13.4. The lowest BCUT2D eigenvalue weighted by atomic mass is 9.96. The van der Waals surface area contributed by atoms with Crippen LogP contribution in [0.3, 0.4) is 0 Å². The smallest absolute Gasteiger partial charge is 0.411 e. The summed E-state index contributed by atoms with van der Waals surface area (Å²) in [6.07, 6.45) is 0.644. The largest absolute Gasteiger partial charge is 0.508 e. The number of ether oxygens (including phenoxy) is 2. The van der Waals surface area contributed by atoms with Crippen molar-refractivity contribution in [1.29, 1.82) is 0 Å². The number of hydrogen-bond donors (Lipinski definition) is 5. The number of phenolic OH excluding ortho intramolecular Hbond substituents is 1. The third kappa shape index (κ3) is 8.20. The predicted molar refractivity (Wildman–Crippen MR) is 196 cm³/mol. The molecule has 1 fully saturated rings. The molecule has 0 saturated carbocycles. The van der Waals surface area contributed by atoms with Crippen molar-refractivity contribution in [1.82, 2.24) is 15.1 Å². The van der Waals surface area contributed by atoms with Crippen molar-refractivity contribution >= 4 is 29.3 Å². The number of aromatic hydroxyl groups is 1. The van der Waals surface area contributed by atoms with Crippen LogP contribution in [0.1, 0.15) is 46.0 Å². The molecule has 0 radical (unpaired) electrons. The molecule has 3 heterocycles. The molecular formula is C40H43N5O7. The summed E-state index contributed by atoms with van der Waals surface area (Å²) in [5.41, 5.74) is 6.11. The molecule has 12 nitrogen and oxygen atoms in total. The number of anilines is 2. The van der Waals surface area contributed by atoms with Crippen molar-refractivity contribution in [2.45, 2.75) is 38.0 Å². The first-order valence-electron chi connectivity index (χ1n) is 17.7. The average molecular weight is 706 g/mol. The van der Waals surface area contributed by atoms with E-state index in [4.69, 9.17) is 9.47 Å². The van der Waals surface area contributed by atoms with Gasteiger partial charge in [-0.25, -0.2) is 4.79 Å². The molecule has 270 valence electrons. The number of benzene rings is 4. The van der Waals surface area contributed by atoms with Gasteiger partial charge in [0.15, 0.2) is 6.61 Å². The van der Waals surface area contributed by atoms with Crippen molar-refractivity contribution in [2.24, 2.45) is 0 Å². The Kier molecular flexibility index (Phi) is 10.7. The summed E-state index contributed by atoms with van der Waals surface area (Å²) in [5, 5.41) is 29.7. The highest BCUT2D eigenvalue weighted by molar-refractivity contribution is 5.97. The van der Waals surface area contributed by atoms with Crippen LogP contribution in [0.25, 0.3) is 11.1 Å². The summed E-state index contributed by atoms with van der Waals surface area (Å²) in [6, 6.07) is 26.3. The molecule has 7 rings (SSSR count). The molecule has 3 aliphatic rings. The van der Waals surface area contributed by atoms with Crippen molar-refractivity contribution < 1.29 is 34.1 Å². The molecule has 1 saturated heterocycles. The van der Waals surface area contributed by atoms with Crippen molar-refractivity contribution in [3.05, 3.63) is 107 Å². The monoisotopic (exact) mass is 705 g/mol. The number of carbonyl (C=O) groups is 3. The van der Waals surface area contributed by atoms with E-state index >= 15 is 0 Å². The number of nitrogens with zero attached hydrogens (tertiary/aromatic N) is 2. The molecule has 1 atom stereocenters. The number of fused-ring (bicyclic) bond motifs is 2. The highest BCUT2D eigenvalue weighted by Crippen LogP contribution is 2.38. The van der Waals surface area contributed by atoms with E-state index in [1.807, 2.05) is 77.7 Å². The lowest BCUT2D eigenvalue weighted by Gasteiger charge is -2.34. The van der Waals surface area contributed by atoms with E-state index in [1.165, 1.54) is 12.1 Å². The Bertz CT molecular complexity index is 1930. The molecule has 4 aromatic rings. The second-order valence-corrected chi connectivity index (χ2v) is 13.4. The van der Waals surface area contributed by atoms with Crippen LogP contribution in [0.5, 0.6) is 11.5 Å². The number of hydrogen-bond acceptors (Lipinski definition) is 9. The Morgan fingerprint density at radius 2 is 1.73 bits per heavy atom. The second kappa shape index (κ2) is 15.9. The van der Waals surface area contributed by atoms with Crippen LogP contribution >= 0.6 is 0 Å². The van der Waals surface area contributed by atoms with Gasteiger partial charge in [-0.15, -0.1) is 0 Å². The van der Waals surface area contributed by atoms with E-state index in [9.17, 15) is 24.6 Å². The van der Waals surface area contributed by atoms with Gasteiger partial charge >= 0.3 is 6.09 Å². The normalized spacial score (nSPS) is 16.7. The van der Waals surface area contributed by atoms with Gasteiger partial charge in [0.1, 0.15) is 17.6 Å². The first-order valence-corrected chi connectivity index (χ1v) is 17.7. The maximum Gasteiger partial charge on any atom is 0.411 e. The zero-order chi connectivity index (χ0) is 36.0. The van der Waals surface area contributed by atoms with Gasteiger partial charge in [-0.3, -0.25) is 14.9 Å². The number of likely N-dealkylation sites (tertiary alicyclic amines) is 1. The molecule has 52 heavy (non-hydrogen) atoms. The van der Waals surface area contributed by atoms with Gasteiger partial charge in [0, 0.05) is 68.6 Å². The van der Waals surface area contributed by atoms with Crippen molar-refractivity contribution in [2.75, 3.05) is 56.5 Å². The zero-order valence-corrected chi connectivity index (χ0v) is 28.8. The zero-order valence-electron chi connectivity index (χ0n) is 28.8. The molecule has 3 amide bonds. The van der Waals surface area contributed by atoms with Gasteiger partial charge < -0.3 is 40.1 Å². The summed E-state index contributed by atoms with van der Waals surface area (Å²) in [4.78, 5) is 42.1. The van der Waals surface area contributed by atoms with Crippen LogP contribution in [0, 0.1) is 0 Å². The summed E-state index contributed by atoms with van der Waals surface area (Å²) < 4.78 is 11.3. The Morgan fingerprint density at radius 3 is 2.56 bits per heavy atom. The fourth-order valence-electron chi connectivity index (χ4n) is 7.10. The molecular weight excluding hydrogens is 662 g/mol. The number of aliphatic hydroxyl groups is 1. The molecule has 0 unspecified atom stereocenters. The van der Waals surface area contributed by atoms with Gasteiger partial charge in [-0.05, 0) is 54.2 Å². The van der Waals surface area contributed by atoms with Crippen LogP contribution in [-0.2, 0) is 22.5 Å². The number of rotatable bonds is 11. The van der Waals surface area contributed by atoms with Gasteiger partial charge in [0.05, 0.1) is 17.5 Å². The lowest BCUT2D eigenvalue weighted by Crippen LogP contribution is -2.45. The number of amides is 3. The van der Waals surface area contributed by atoms with Gasteiger partial charge in [0.25, 0.3) is 11.8 Å². The molecule has 4 aromatic carbocycles. The Labute approximate surface area is 302 Å². The van der Waals surface area contributed by atoms with E-state index in [0.29, 0.717) is 47.9 Å². The Morgan fingerprint density at radius 1 is 0.942 bits per heavy atom. The first kappa shape index (κ1) is 35.0. The van der Waals surface area contributed by atoms with Crippen LogP contribution in [0.4, 0.5) is 16.2 Å². The fraction of sp³-hybridized carbons (Fsp3) is 0.325. The predicted octanol–water partition coefficient (Wildman–Crippen LogP) is 4.92. The first-order chi connectivity index (χ1) is 25.3. The van der Waals surface area contributed by atoms with E-state index in [-0.39, 0.29) is 36.8 Å². The highest BCUT2D eigenvalue weighted by atomic mass is 16.6. The number of piperidine rings is 1.